The standard InChI is InChI=1S/C15H18ClN3/c16-11-1-4-14-13(8-11)18-15(19(14)12-2-3-12)7-10-5-6-17-9-10/h1,4,8,10,12,17H,2-3,5-7,9H2. The van der Waals surface area contributed by atoms with Crippen LogP contribution in [0.3, 0.4) is 0 Å². The lowest BCUT2D eigenvalue weighted by Gasteiger charge is -2.11. The van der Waals surface area contributed by atoms with Crippen LogP contribution in [-0.2, 0) is 6.42 Å². The Balaban J connectivity index is 1.77. The molecule has 4 rings (SSSR count). The Morgan fingerprint density at radius 3 is 2.95 bits per heavy atom. The molecule has 0 spiro atoms. The van der Waals surface area contributed by atoms with Crippen LogP contribution in [0.25, 0.3) is 11.0 Å². The number of hydrogen-bond acceptors (Lipinski definition) is 2. The summed E-state index contributed by atoms with van der Waals surface area (Å²) in [5, 5.41) is 4.22. The van der Waals surface area contributed by atoms with E-state index in [9.17, 15) is 0 Å². The number of aromatic nitrogens is 2. The fourth-order valence-corrected chi connectivity index (χ4v) is 3.32. The molecule has 3 nitrogen and oxygen atoms in total. The third-order valence-electron chi connectivity index (χ3n) is 4.27. The lowest BCUT2D eigenvalue weighted by Crippen LogP contribution is -2.13. The van der Waals surface area contributed by atoms with Crippen molar-refractivity contribution in [1.82, 2.24) is 14.9 Å². The molecule has 1 aromatic heterocycles. The van der Waals surface area contributed by atoms with Gasteiger partial charge in [-0.15, -0.1) is 0 Å². The number of rotatable bonds is 3. The summed E-state index contributed by atoms with van der Waals surface area (Å²) in [6, 6.07) is 6.77. The molecule has 2 aromatic rings. The number of halogens is 1. The van der Waals surface area contributed by atoms with Crippen molar-refractivity contribution in [3.8, 4) is 0 Å². The van der Waals surface area contributed by atoms with E-state index in [1.165, 1.54) is 30.6 Å². The molecule has 2 fully saturated rings. The zero-order valence-corrected chi connectivity index (χ0v) is 11.7. The first-order valence-electron chi connectivity index (χ1n) is 7.18. The molecule has 1 saturated heterocycles. The highest BCUT2D eigenvalue weighted by molar-refractivity contribution is 6.31. The summed E-state index contributed by atoms with van der Waals surface area (Å²) in [5.41, 5.74) is 2.31. The number of fused-ring (bicyclic) bond motifs is 1. The van der Waals surface area contributed by atoms with Crippen LogP contribution in [0, 0.1) is 5.92 Å². The van der Waals surface area contributed by atoms with E-state index in [1.54, 1.807) is 0 Å². The van der Waals surface area contributed by atoms with Crippen LogP contribution in [0.5, 0.6) is 0 Å². The van der Waals surface area contributed by atoms with Crippen molar-refractivity contribution < 1.29 is 0 Å². The highest BCUT2D eigenvalue weighted by Crippen LogP contribution is 2.39. The lowest BCUT2D eigenvalue weighted by atomic mass is 10.0. The van der Waals surface area contributed by atoms with Crippen LogP contribution in [0.1, 0.15) is 31.1 Å². The van der Waals surface area contributed by atoms with E-state index in [4.69, 9.17) is 16.6 Å². The van der Waals surface area contributed by atoms with Crippen molar-refractivity contribution in [2.45, 2.75) is 31.7 Å². The molecule has 1 saturated carbocycles. The Morgan fingerprint density at radius 1 is 1.32 bits per heavy atom. The Hall–Kier alpha value is -1.06. The van der Waals surface area contributed by atoms with Gasteiger partial charge in [-0.25, -0.2) is 4.98 Å². The predicted octanol–water partition coefficient (Wildman–Crippen LogP) is 3.18. The molecule has 1 atom stereocenters. The molecule has 1 aliphatic heterocycles. The van der Waals surface area contributed by atoms with Crippen LogP contribution < -0.4 is 5.32 Å². The average molecular weight is 276 g/mol. The number of hydrogen-bond donors (Lipinski definition) is 1. The van der Waals surface area contributed by atoms with E-state index in [-0.39, 0.29) is 0 Å². The van der Waals surface area contributed by atoms with Crippen LogP contribution in [0.15, 0.2) is 18.2 Å². The van der Waals surface area contributed by atoms with Gasteiger partial charge in [0, 0.05) is 17.5 Å². The number of nitrogens with one attached hydrogen (secondary N) is 1. The summed E-state index contributed by atoms with van der Waals surface area (Å²) >= 11 is 6.09. The molecule has 1 N–H and O–H groups in total. The minimum atomic E-state index is 0.676. The average Bonchev–Trinajstić information content (AvgIpc) is 2.97. The molecule has 19 heavy (non-hydrogen) atoms. The fraction of sp³-hybridized carbons (Fsp3) is 0.533. The molecule has 0 radical (unpaired) electrons. The van der Waals surface area contributed by atoms with Gasteiger partial charge in [0.2, 0.25) is 0 Å². The van der Waals surface area contributed by atoms with Crippen molar-refractivity contribution in [2.24, 2.45) is 5.92 Å². The van der Waals surface area contributed by atoms with Gasteiger partial charge < -0.3 is 9.88 Å². The molecule has 1 unspecified atom stereocenters. The van der Waals surface area contributed by atoms with E-state index in [2.05, 4.69) is 16.0 Å². The van der Waals surface area contributed by atoms with Crippen LogP contribution in [0.2, 0.25) is 5.02 Å². The lowest BCUT2D eigenvalue weighted by molar-refractivity contribution is 0.540. The van der Waals surface area contributed by atoms with Crippen molar-refractivity contribution in [2.75, 3.05) is 13.1 Å². The highest BCUT2D eigenvalue weighted by Gasteiger charge is 2.29. The number of nitrogens with zero attached hydrogens (tertiary/aromatic N) is 2. The second kappa shape index (κ2) is 4.50. The zero-order chi connectivity index (χ0) is 12.8. The summed E-state index contributed by atoms with van der Waals surface area (Å²) in [6.45, 7) is 2.29. The van der Waals surface area contributed by atoms with E-state index >= 15 is 0 Å². The van der Waals surface area contributed by atoms with Gasteiger partial charge in [-0.1, -0.05) is 11.6 Å². The maximum absolute atomic E-state index is 6.09. The summed E-state index contributed by atoms with van der Waals surface area (Å²) in [7, 11) is 0. The second-order valence-electron chi connectivity index (χ2n) is 5.83. The number of imidazole rings is 1. The van der Waals surface area contributed by atoms with Crippen molar-refractivity contribution in [3.63, 3.8) is 0 Å². The van der Waals surface area contributed by atoms with E-state index < -0.39 is 0 Å². The Morgan fingerprint density at radius 2 is 2.21 bits per heavy atom. The first kappa shape index (κ1) is 11.7. The summed E-state index contributed by atoms with van der Waals surface area (Å²) in [4.78, 5) is 4.85. The van der Waals surface area contributed by atoms with Gasteiger partial charge in [0.15, 0.2) is 0 Å². The first-order valence-corrected chi connectivity index (χ1v) is 7.56. The monoisotopic (exact) mass is 275 g/mol. The molecule has 1 aliphatic carbocycles. The van der Waals surface area contributed by atoms with Gasteiger partial charge in [-0.05, 0) is 56.5 Å². The van der Waals surface area contributed by atoms with E-state index in [1.807, 2.05) is 12.1 Å². The first-order chi connectivity index (χ1) is 9.31. The fourth-order valence-electron chi connectivity index (χ4n) is 3.15. The van der Waals surface area contributed by atoms with Crippen LogP contribution in [0.4, 0.5) is 0 Å². The summed E-state index contributed by atoms with van der Waals surface area (Å²) in [6.07, 6.45) is 4.96. The normalized spacial score (nSPS) is 23.3. The van der Waals surface area contributed by atoms with Crippen molar-refractivity contribution in [1.29, 1.82) is 0 Å². The van der Waals surface area contributed by atoms with Gasteiger partial charge >= 0.3 is 0 Å². The largest absolute Gasteiger partial charge is 0.325 e. The molecule has 0 amide bonds. The van der Waals surface area contributed by atoms with Gasteiger partial charge in [0.25, 0.3) is 0 Å². The van der Waals surface area contributed by atoms with Gasteiger partial charge in [-0.2, -0.15) is 0 Å². The molecular weight excluding hydrogens is 258 g/mol. The third kappa shape index (κ3) is 2.15. The van der Waals surface area contributed by atoms with E-state index in [0.717, 1.165) is 36.0 Å². The topological polar surface area (TPSA) is 29.9 Å². The van der Waals surface area contributed by atoms with Crippen LogP contribution in [-0.4, -0.2) is 22.6 Å². The van der Waals surface area contributed by atoms with Gasteiger partial charge in [0.1, 0.15) is 5.82 Å². The predicted molar refractivity (Wildman–Crippen MR) is 77.7 cm³/mol. The molecular formula is C15H18ClN3. The molecule has 2 aliphatic rings. The maximum atomic E-state index is 6.09. The zero-order valence-electron chi connectivity index (χ0n) is 10.9. The summed E-state index contributed by atoms with van der Waals surface area (Å²) < 4.78 is 2.46. The van der Waals surface area contributed by atoms with Crippen LogP contribution >= 0.6 is 11.6 Å². The molecule has 2 heterocycles. The summed E-state index contributed by atoms with van der Waals surface area (Å²) in [5.74, 6) is 2.00. The molecule has 100 valence electrons. The molecule has 4 heteroatoms. The molecule has 1 aromatic carbocycles. The minimum Gasteiger partial charge on any atom is -0.325 e. The third-order valence-corrected chi connectivity index (χ3v) is 4.51. The SMILES string of the molecule is Clc1ccc2c(c1)nc(CC1CCNC1)n2C1CC1. The van der Waals surface area contributed by atoms with Gasteiger partial charge in [0.05, 0.1) is 11.0 Å². The number of benzene rings is 1. The van der Waals surface area contributed by atoms with Gasteiger partial charge in [-0.3, -0.25) is 0 Å². The highest BCUT2D eigenvalue weighted by atomic mass is 35.5. The smallest absolute Gasteiger partial charge is 0.110 e. The molecule has 0 bridgehead atoms. The van der Waals surface area contributed by atoms with Crippen molar-refractivity contribution in [3.05, 3.63) is 29.0 Å². The van der Waals surface area contributed by atoms with E-state index in [0.29, 0.717) is 6.04 Å². The second-order valence-corrected chi connectivity index (χ2v) is 6.26. The quantitative estimate of drug-likeness (QED) is 0.932. The Bertz CT molecular complexity index is 609. The maximum Gasteiger partial charge on any atom is 0.110 e. The Kier molecular flexibility index (Phi) is 2.78. The minimum absolute atomic E-state index is 0.676. The Labute approximate surface area is 118 Å². The van der Waals surface area contributed by atoms with Crippen molar-refractivity contribution >= 4 is 22.6 Å².